The van der Waals surface area contributed by atoms with Crippen LogP contribution in [0, 0.1) is 0 Å². The summed E-state index contributed by atoms with van der Waals surface area (Å²) in [5.41, 5.74) is 3.95. The van der Waals surface area contributed by atoms with Crippen molar-refractivity contribution in [2.45, 2.75) is 6.92 Å². The number of piperazine rings is 1. The fourth-order valence-electron chi connectivity index (χ4n) is 3.99. The highest BCUT2D eigenvalue weighted by molar-refractivity contribution is 5.97. The Morgan fingerprint density at radius 1 is 1.13 bits per heavy atom. The molecule has 0 spiro atoms. The molecule has 2 aromatic carbocycles. The molecule has 1 aliphatic rings. The van der Waals surface area contributed by atoms with Crippen molar-refractivity contribution in [3.05, 3.63) is 60.4 Å². The van der Waals surface area contributed by atoms with Gasteiger partial charge in [-0.25, -0.2) is 9.78 Å². The second-order valence-corrected chi connectivity index (χ2v) is 7.45. The van der Waals surface area contributed by atoms with Crippen molar-refractivity contribution >= 4 is 22.6 Å². The highest BCUT2D eigenvalue weighted by Gasteiger charge is 2.24. The lowest BCUT2D eigenvalue weighted by molar-refractivity contribution is 0.0520. The SMILES string of the molecule is CCOC(=O)c1nc(-c2cccc3[nH]ccc23)oc1-c1ccc(N2CCNCC2)cc1. The van der Waals surface area contributed by atoms with E-state index in [-0.39, 0.29) is 12.3 Å². The molecule has 1 aliphatic heterocycles. The molecule has 7 heteroatoms. The smallest absolute Gasteiger partial charge is 0.361 e. The zero-order valence-corrected chi connectivity index (χ0v) is 17.4. The van der Waals surface area contributed by atoms with Gasteiger partial charge in [0.25, 0.3) is 0 Å². The lowest BCUT2D eigenvalue weighted by atomic mass is 10.1. The van der Waals surface area contributed by atoms with Crippen LogP contribution in [-0.2, 0) is 4.74 Å². The molecule has 0 bridgehead atoms. The predicted octanol–water partition coefficient (Wildman–Crippen LogP) is 4.08. The van der Waals surface area contributed by atoms with Crippen molar-refractivity contribution < 1.29 is 13.9 Å². The summed E-state index contributed by atoms with van der Waals surface area (Å²) in [4.78, 5) is 22.7. The summed E-state index contributed by atoms with van der Waals surface area (Å²) in [5.74, 6) is 0.335. The zero-order chi connectivity index (χ0) is 21.2. The van der Waals surface area contributed by atoms with Crippen molar-refractivity contribution in [1.82, 2.24) is 15.3 Å². The monoisotopic (exact) mass is 416 g/mol. The summed E-state index contributed by atoms with van der Waals surface area (Å²) < 4.78 is 11.4. The minimum atomic E-state index is -0.486. The summed E-state index contributed by atoms with van der Waals surface area (Å²) in [5, 5.41) is 4.35. The number of H-pyrrole nitrogens is 1. The number of hydrogen-bond acceptors (Lipinski definition) is 6. The summed E-state index contributed by atoms with van der Waals surface area (Å²) in [6.07, 6.45) is 1.87. The number of fused-ring (bicyclic) bond motifs is 1. The number of ether oxygens (including phenoxy) is 1. The van der Waals surface area contributed by atoms with Crippen LogP contribution < -0.4 is 10.2 Å². The van der Waals surface area contributed by atoms with Gasteiger partial charge in [-0.2, -0.15) is 0 Å². The van der Waals surface area contributed by atoms with Gasteiger partial charge in [-0.15, -0.1) is 0 Å². The Hall–Kier alpha value is -3.58. The molecule has 2 aromatic heterocycles. The molecule has 5 rings (SSSR count). The zero-order valence-electron chi connectivity index (χ0n) is 17.4. The first-order valence-electron chi connectivity index (χ1n) is 10.5. The van der Waals surface area contributed by atoms with Crippen molar-refractivity contribution in [2.75, 3.05) is 37.7 Å². The Labute approximate surface area is 180 Å². The molecule has 2 N–H and O–H groups in total. The van der Waals surface area contributed by atoms with Crippen LogP contribution in [0.5, 0.6) is 0 Å². The molecule has 0 aliphatic carbocycles. The molecule has 158 valence electrons. The van der Waals surface area contributed by atoms with E-state index in [0.29, 0.717) is 11.7 Å². The Morgan fingerprint density at radius 3 is 2.71 bits per heavy atom. The number of esters is 1. The average molecular weight is 416 g/mol. The van der Waals surface area contributed by atoms with E-state index in [1.807, 2.05) is 42.6 Å². The largest absolute Gasteiger partial charge is 0.461 e. The van der Waals surface area contributed by atoms with E-state index in [4.69, 9.17) is 9.15 Å². The first-order chi connectivity index (χ1) is 15.2. The number of benzene rings is 2. The second kappa shape index (κ2) is 8.28. The first-order valence-corrected chi connectivity index (χ1v) is 10.5. The van der Waals surface area contributed by atoms with Crippen LogP contribution in [0.15, 0.2) is 59.1 Å². The molecular weight excluding hydrogens is 392 g/mol. The van der Waals surface area contributed by atoms with Crippen LogP contribution in [0.2, 0.25) is 0 Å². The molecule has 1 saturated heterocycles. The number of aromatic amines is 1. The van der Waals surface area contributed by atoms with Crippen LogP contribution >= 0.6 is 0 Å². The lowest BCUT2D eigenvalue weighted by Crippen LogP contribution is -2.43. The molecule has 7 nitrogen and oxygen atoms in total. The first kappa shape index (κ1) is 19.4. The van der Waals surface area contributed by atoms with Crippen molar-refractivity contribution in [3.63, 3.8) is 0 Å². The Balaban J connectivity index is 1.55. The number of oxazole rings is 1. The summed E-state index contributed by atoms with van der Waals surface area (Å²) >= 11 is 0. The van der Waals surface area contributed by atoms with Crippen LogP contribution in [-0.4, -0.2) is 48.7 Å². The van der Waals surface area contributed by atoms with Gasteiger partial charge >= 0.3 is 5.97 Å². The highest BCUT2D eigenvalue weighted by Crippen LogP contribution is 2.34. The normalized spacial score (nSPS) is 14.2. The lowest BCUT2D eigenvalue weighted by Gasteiger charge is -2.29. The third kappa shape index (κ3) is 3.68. The van der Waals surface area contributed by atoms with Gasteiger partial charge in [0.1, 0.15) is 0 Å². The molecule has 0 saturated carbocycles. The van der Waals surface area contributed by atoms with Crippen molar-refractivity contribution in [3.8, 4) is 22.8 Å². The molecule has 0 atom stereocenters. The average Bonchev–Trinajstić information content (AvgIpc) is 3.47. The van der Waals surface area contributed by atoms with Crippen LogP contribution in [0.3, 0.4) is 0 Å². The molecule has 0 radical (unpaired) electrons. The Morgan fingerprint density at radius 2 is 1.94 bits per heavy atom. The Kier molecular flexibility index (Phi) is 5.18. The second-order valence-electron chi connectivity index (χ2n) is 7.45. The maximum atomic E-state index is 12.6. The standard InChI is InChI=1S/C24H24N4O3/c1-2-30-24(29)21-22(16-6-8-17(9-7-16)28-14-12-25-13-15-28)31-23(27-21)19-4-3-5-20-18(19)10-11-26-20/h3-11,25-26H,2,12-15H2,1H3. The maximum Gasteiger partial charge on any atom is 0.361 e. The van der Waals surface area contributed by atoms with Gasteiger partial charge in [0.15, 0.2) is 11.5 Å². The Bertz CT molecular complexity index is 1200. The van der Waals surface area contributed by atoms with E-state index in [1.54, 1.807) is 6.92 Å². The number of hydrogen-bond donors (Lipinski definition) is 2. The molecule has 1 fully saturated rings. The number of anilines is 1. The van der Waals surface area contributed by atoms with Gasteiger partial charge in [-0.05, 0) is 49.4 Å². The molecule has 0 amide bonds. The number of carbonyl (C=O) groups excluding carboxylic acids is 1. The van der Waals surface area contributed by atoms with E-state index in [1.165, 1.54) is 0 Å². The minimum Gasteiger partial charge on any atom is -0.461 e. The number of aromatic nitrogens is 2. The summed E-state index contributed by atoms with van der Waals surface area (Å²) in [6, 6.07) is 15.9. The van der Waals surface area contributed by atoms with E-state index in [0.717, 1.165) is 53.9 Å². The van der Waals surface area contributed by atoms with Crippen molar-refractivity contribution in [2.24, 2.45) is 0 Å². The topological polar surface area (TPSA) is 83.4 Å². The number of carbonyl (C=O) groups is 1. The summed E-state index contributed by atoms with van der Waals surface area (Å²) in [6.45, 7) is 5.95. The third-order valence-corrected chi connectivity index (χ3v) is 5.53. The van der Waals surface area contributed by atoms with Gasteiger partial charge in [0.2, 0.25) is 5.89 Å². The molecule has 0 unspecified atom stereocenters. The van der Waals surface area contributed by atoms with Crippen LogP contribution in [0.25, 0.3) is 33.7 Å². The highest BCUT2D eigenvalue weighted by atomic mass is 16.5. The molecule has 4 aromatic rings. The van der Waals surface area contributed by atoms with Crippen molar-refractivity contribution in [1.29, 1.82) is 0 Å². The van der Waals surface area contributed by atoms with Gasteiger partial charge in [-0.1, -0.05) is 6.07 Å². The fraction of sp³-hybridized carbons (Fsp3) is 0.250. The van der Waals surface area contributed by atoms with Gasteiger partial charge in [0, 0.05) is 60.1 Å². The van der Waals surface area contributed by atoms with Crippen LogP contribution in [0.4, 0.5) is 5.69 Å². The molecule has 31 heavy (non-hydrogen) atoms. The van der Waals surface area contributed by atoms with E-state index < -0.39 is 5.97 Å². The molecular formula is C24H24N4O3. The maximum absolute atomic E-state index is 12.6. The minimum absolute atomic E-state index is 0.194. The van der Waals surface area contributed by atoms with Gasteiger partial charge in [-0.3, -0.25) is 0 Å². The van der Waals surface area contributed by atoms with Gasteiger partial charge in [0.05, 0.1) is 6.61 Å². The predicted molar refractivity (Wildman–Crippen MR) is 120 cm³/mol. The quantitative estimate of drug-likeness (QED) is 0.477. The van der Waals surface area contributed by atoms with E-state index >= 15 is 0 Å². The third-order valence-electron chi connectivity index (χ3n) is 5.53. The van der Waals surface area contributed by atoms with Gasteiger partial charge < -0.3 is 24.4 Å². The summed E-state index contributed by atoms with van der Waals surface area (Å²) in [7, 11) is 0. The molecule has 3 heterocycles. The number of nitrogens with zero attached hydrogens (tertiary/aromatic N) is 2. The fourth-order valence-corrected chi connectivity index (χ4v) is 3.99. The number of nitrogens with one attached hydrogen (secondary N) is 2. The van der Waals surface area contributed by atoms with Crippen LogP contribution in [0.1, 0.15) is 17.4 Å². The number of rotatable bonds is 5. The van der Waals surface area contributed by atoms with E-state index in [2.05, 4.69) is 32.3 Å². The van der Waals surface area contributed by atoms with E-state index in [9.17, 15) is 4.79 Å².